The van der Waals surface area contributed by atoms with Crippen molar-refractivity contribution >= 4 is 51.5 Å². The monoisotopic (exact) mass is 511 g/mol. The summed E-state index contributed by atoms with van der Waals surface area (Å²) in [6.07, 6.45) is 5.31. The normalized spacial score (nSPS) is 15.9. The van der Waals surface area contributed by atoms with Crippen molar-refractivity contribution in [2.24, 2.45) is 10.4 Å². The maximum absolute atomic E-state index is 11.6. The minimum absolute atomic E-state index is 0. The number of aliphatic imine (C=N–C) groups is 1. The van der Waals surface area contributed by atoms with Gasteiger partial charge in [0.05, 0.1) is 12.3 Å². The zero-order valence-electron chi connectivity index (χ0n) is 16.0. The van der Waals surface area contributed by atoms with Gasteiger partial charge in [-0.25, -0.2) is 13.4 Å². The lowest BCUT2D eigenvalue weighted by molar-refractivity contribution is 0.529. The third kappa shape index (κ3) is 7.64. The number of benzene rings is 1. The van der Waals surface area contributed by atoms with Crippen LogP contribution in [-0.2, 0) is 16.4 Å². The van der Waals surface area contributed by atoms with Crippen LogP contribution in [0.4, 0.5) is 0 Å². The molecule has 5 nitrogen and oxygen atoms in total. The van der Waals surface area contributed by atoms with Crippen molar-refractivity contribution in [2.75, 3.05) is 31.4 Å². The Hall–Kier alpha value is -0.480. The maximum Gasteiger partial charge on any atom is 0.191 e. The molecule has 1 aliphatic carbocycles. The summed E-state index contributed by atoms with van der Waals surface area (Å²) < 4.78 is 23.2. The zero-order chi connectivity index (χ0) is 18.5. The molecule has 0 heterocycles. The van der Waals surface area contributed by atoms with Gasteiger partial charge in [-0.15, -0.1) is 35.7 Å². The summed E-state index contributed by atoms with van der Waals surface area (Å²) in [5.41, 5.74) is 2.34. The predicted molar refractivity (Wildman–Crippen MR) is 123 cm³/mol. The number of hydrogen-bond acceptors (Lipinski definition) is 4. The third-order valence-electron chi connectivity index (χ3n) is 4.35. The van der Waals surface area contributed by atoms with Crippen molar-refractivity contribution in [3.05, 3.63) is 29.3 Å². The van der Waals surface area contributed by atoms with E-state index in [4.69, 9.17) is 0 Å². The molecule has 26 heavy (non-hydrogen) atoms. The molecule has 1 fully saturated rings. The van der Waals surface area contributed by atoms with Crippen molar-refractivity contribution in [1.82, 2.24) is 10.6 Å². The Labute approximate surface area is 179 Å². The molecule has 0 atom stereocenters. The molecule has 148 valence electrons. The molecule has 1 aromatic rings. The van der Waals surface area contributed by atoms with E-state index >= 15 is 0 Å². The van der Waals surface area contributed by atoms with E-state index in [1.807, 2.05) is 6.92 Å². The van der Waals surface area contributed by atoms with Crippen molar-refractivity contribution < 1.29 is 8.42 Å². The Bertz CT molecular complexity index is 732. The third-order valence-corrected chi connectivity index (χ3v) is 6.31. The quantitative estimate of drug-likeness (QED) is 0.243. The van der Waals surface area contributed by atoms with Gasteiger partial charge < -0.3 is 10.6 Å². The first-order chi connectivity index (χ1) is 11.8. The van der Waals surface area contributed by atoms with E-state index in [1.54, 1.807) is 11.8 Å². The van der Waals surface area contributed by atoms with Crippen LogP contribution in [-0.4, -0.2) is 45.7 Å². The van der Waals surface area contributed by atoms with Crippen molar-refractivity contribution in [3.63, 3.8) is 0 Å². The lowest BCUT2D eigenvalue weighted by Gasteiger charge is -2.18. The molecule has 2 rings (SSSR count). The minimum Gasteiger partial charge on any atom is -0.357 e. The molecule has 1 saturated carbocycles. The van der Waals surface area contributed by atoms with Crippen LogP contribution in [0.25, 0.3) is 0 Å². The summed E-state index contributed by atoms with van der Waals surface area (Å²) in [6.45, 7) is 6.14. The fraction of sp³-hybridized carbons (Fsp3) is 0.611. The summed E-state index contributed by atoms with van der Waals surface area (Å²) in [4.78, 5) is 5.93. The first-order valence-electron chi connectivity index (χ1n) is 8.60. The highest BCUT2D eigenvalue weighted by Crippen LogP contribution is 2.46. The second-order valence-electron chi connectivity index (χ2n) is 6.93. The van der Waals surface area contributed by atoms with Gasteiger partial charge in [-0.1, -0.05) is 12.1 Å². The van der Waals surface area contributed by atoms with Crippen LogP contribution in [0, 0.1) is 12.3 Å². The van der Waals surface area contributed by atoms with E-state index in [2.05, 4.69) is 47.0 Å². The minimum atomic E-state index is -2.95. The lowest BCUT2D eigenvalue weighted by atomic mass is 10.1. The lowest BCUT2D eigenvalue weighted by Crippen LogP contribution is -2.41. The molecule has 1 aromatic carbocycles. The Morgan fingerprint density at radius 3 is 2.54 bits per heavy atom. The van der Waals surface area contributed by atoms with Gasteiger partial charge >= 0.3 is 0 Å². The average Bonchev–Trinajstić information content (AvgIpc) is 3.28. The van der Waals surface area contributed by atoms with Gasteiger partial charge in [-0.2, -0.15) is 0 Å². The number of thioether (sulfide) groups is 1. The number of nitrogens with one attached hydrogen (secondary N) is 2. The van der Waals surface area contributed by atoms with Gasteiger partial charge in [-0.05, 0) is 50.1 Å². The second kappa shape index (κ2) is 10.2. The fourth-order valence-electron chi connectivity index (χ4n) is 2.86. The van der Waals surface area contributed by atoms with Crippen LogP contribution in [0.1, 0.15) is 30.9 Å². The molecule has 0 saturated heterocycles. The van der Waals surface area contributed by atoms with Gasteiger partial charge in [0.25, 0.3) is 0 Å². The van der Waals surface area contributed by atoms with Crippen molar-refractivity contribution in [3.8, 4) is 0 Å². The van der Waals surface area contributed by atoms with Gasteiger partial charge in [0, 0.05) is 29.7 Å². The average molecular weight is 511 g/mol. The van der Waals surface area contributed by atoms with Gasteiger partial charge in [0.15, 0.2) is 5.96 Å². The molecule has 0 amide bonds. The topological polar surface area (TPSA) is 70.6 Å². The van der Waals surface area contributed by atoms with Crippen LogP contribution in [0.5, 0.6) is 0 Å². The van der Waals surface area contributed by atoms with Crippen molar-refractivity contribution in [1.29, 1.82) is 0 Å². The number of sulfone groups is 1. The predicted octanol–water partition coefficient (Wildman–Crippen LogP) is 3.21. The summed E-state index contributed by atoms with van der Waals surface area (Å²) >= 11 is 1.73. The number of nitrogens with zero attached hydrogens (tertiary/aromatic N) is 1. The van der Waals surface area contributed by atoms with E-state index in [0.29, 0.717) is 13.1 Å². The molecule has 8 heteroatoms. The van der Waals surface area contributed by atoms with E-state index < -0.39 is 9.84 Å². The van der Waals surface area contributed by atoms with Crippen LogP contribution >= 0.6 is 35.7 Å². The molecular formula is C18H30IN3O2S2. The molecule has 0 spiro atoms. The Kier molecular flexibility index (Phi) is 9.22. The fourth-order valence-corrected chi connectivity index (χ4v) is 5.07. The zero-order valence-corrected chi connectivity index (χ0v) is 19.9. The van der Waals surface area contributed by atoms with Crippen LogP contribution < -0.4 is 10.6 Å². The number of guanidine groups is 1. The van der Waals surface area contributed by atoms with Gasteiger partial charge in [0.2, 0.25) is 0 Å². The van der Waals surface area contributed by atoms with Crippen LogP contribution in [0.3, 0.4) is 0 Å². The number of aryl methyl sites for hydroxylation is 1. The molecule has 1 aliphatic rings. The summed E-state index contributed by atoms with van der Waals surface area (Å²) in [7, 11) is -2.95. The molecule has 0 unspecified atom stereocenters. The van der Waals surface area contributed by atoms with Gasteiger partial charge in [-0.3, -0.25) is 0 Å². The highest BCUT2D eigenvalue weighted by molar-refractivity contribution is 14.0. The van der Waals surface area contributed by atoms with E-state index in [0.717, 1.165) is 25.3 Å². The maximum atomic E-state index is 11.6. The highest BCUT2D eigenvalue weighted by atomic mass is 127. The second-order valence-corrected chi connectivity index (χ2v) is 9.92. The Morgan fingerprint density at radius 2 is 2.00 bits per heavy atom. The summed E-state index contributed by atoms with van der Waals surface area (Å²) in [5.74, 6) is 0.996. The first kappa shape index (κ1) is 23.6. The highest BCUT2D eigenvalue weighted by Gasteiger charge is 2.45. The molecular weight excluding hydrogens is 481 g/mol. The van der Waals surface area contributed by atoms with Gasteiger partial charge in [0.1, 0.15) is 9.84 Å². The molecule has 2 N–H and O–H groups in total. The number of rotatable bonds is 8. The summed E-state index contributed by atoms with van der Waals surface area (Å²) in [6, 6.07) is 6.41. The number of hydrogen-bond donors (Lipinski definition) is 2. The standard InChI is InChI=1S/C18H29N3O2S2.HI/c1-5-19-17(21-12-18(8-9-18)13-25(4,22)23)20-11-15-7-6-14(2)10-16(15)24-3;/h6-7,10H,5,8-9,11-13H2,1-4H3,(H2,19,20,21);1H. The Balaban J connectivity index is 0.00000338. The molecule has 0 aliphatic heterocycles. The van der Waals surface area contributed by atoms with E-state index in [-0.39, 0.29) is 35.1 Å². The SMILES string of the molecule is CCNC(=NCc1ccc(C)cc1SC)NCC1(CS(C)(=O)=O)CC1.I. The van der Waals surface area contributed by atoms with Crippen LogP contribution in [0.2, 0.25) is 0 Å². The smallest absolute Gasteiger partial charge is 0.191 e. The van der Waals surface area contributed by atoms with Crippen LogP contribution in [0.15, 0.2) is 28.1 Å². The van der Waals surface area contributed by atoms with E-state index in [1.165, 1.54) is 22.3 Å². The van der Waals surface area contributed by atoms with E-state index in [9.17, 15) is 8.42 Å². The Morgan fingerprint density at radius 1 is 1.31 bits per heavy atom. The molecule has 0 radical (unpaired) electrons. The number of halogens is 1. The summed E-state index contributed by atoms with van der Waals surface area (Å²) in [5, 5.41) is 6.58. The molecule has 0 bridgehead atoms. The van der Waals surface area contributed by atoms with Crippen molar-refractivity contribution in [2.45, 2.75) is 38.1 Å². The first-order valence-corrected chi connectivity index (χ1v) is 11.9. The molecule has 0 aromatic heterocycles. The largest absolute Gasteiger partial charge is 0.357 e.